The number of thiophene rings is 1. The van der Waals surface area contributed by atoms with Crippen molar-refractivity contribution in [3.63, 3.8) is 0 Å². The van der Waals surface area contributed by atoms with E-state index in [4.69, 9.17) is 4.74 Å². The average molecular weight is 371 g/mol. The van der Waals surface area contributed by atoms with Crippen molar-refractivity contribution < 1.29 is 22.3 Å². The number of ether oxygens (including phenoxy) is 1. The van der Waals surface area contributed by atoms with Crippen molar-refractivity contribution in [2.24, 2.45) is 0 Å². The van der Waals surface area contributed by atoms with Gasteiger partial charge in [0.2, 0.25) is 0 Å². The van der Waals surface area contributed by atoms with Crippen LogP contribution in [-0.2, 0) is 0 Å². The Bertz CT molecular complexity index is 895. The molecule has 4 nitrogen and oxygen atoms in total. The second kappa shape index (κ2) is 6.83. The van der Waals surface area contributed by atoms with Crippen LogP contribution in [-0.4, -0.2) is 22.8 Å². The molecule has 0 spiro atoms. The molecular formula is C16H13F4N3OS. The van der Waals surface area contributed by atoms with Gasteiger partial charge in [0, 0.05) is 6.07 Å². The van der Waals surface area contributed by atoms with Gasteiger partial charge in [-0.25, -0.2) is 14.4 Å². The van der Waals surface area contributed by atoms with Gasteiger partial charge < -0.3 is 10.1 Å². The van der Waals surface area contributed by atoms with Crippen molar-refractivity contribution >= 4 is 33.1 Å². The number of benzene rings is 1. The standard InChI is InChI=1S/C16H13F4N3OS/c1-9-7-25-14-13(9)21-8-22-15(14)23-11-3-2-10(17)6-12(11)24-5-4-16(18,19)20/h2-3,6-8H,4-5H2,1H3,(H,21,22,23). The maximum absolute atomic E-state index is 13.4. The Hall–Kier alpha value is -2.42. The lowest BCUT2D eigenvalue weighted by Crippen LogP contribution is -2.13. The van der Waals surface area contributed by atoms with Gasteiger partial charge in [0.25, 0.3) is 0 Å². The molecule has 3 rings (SSSR count). The predicted octanol–water partition coefficient (Wildman–Crippen LogP) is 5.21. The molecule has 1 N–H and O–H groups in total. The second-order valence-electron chi connectivity index (χ2n) is 5.30. The van der Waals surface area contributed by atoms with Gasteiger partial charge in [-0.1, -0.05) is 0 Å². The lowest BCUT2D eigenvalue weighted by atomic mass is 10.2. The quantitative estimate of drug-likeness (QED) is 0.625. The molecule has 0 radical (unpaired) electrons. The van der Waals surface area contributed by atoms with Crippen molar-refractivity contribution in [3.05, 3.63) is 41.3 Å². The van der Waals surface area contributed by atoms with Gasteiger partial charge in [-0.05, 0) is 30.0 Å². The third-order valence-corrected chi connectivity index (χ3v) is 4.46. The Labute approximate surface area is 144 Å². The highest BCUT2D eigenvalue weighted by Gasteiger charge is 2.27. The minimum atomic E-state index is -4.34. The summed E-state index contributed by atoms with van der Waals surface area (Å²) in [6.07, 6.45) is -4.07. The van der Waals surface area contributed by atoms with Gasteiger partial charge in [-0.2, -0.15) is 13.2 Å². The lowest BCUT2D eigenvalue weighted by molar-refractivity contribution is -0.139. The van der Waals surface area contributed by atoms with Crippen LogP contribution in [0.3, 0.4) is 0 Å². The Morgan fingerprint density at radius 3 is 2.80 bits per heavy atom. The SMILES string of the molecule is Cc1csc2c(Nc3ccc(F)cc3OCCC(F)(F)F)ncnc12. The van der Waals surface area contributed by atoms with Crippen molar-refractivity contribution in [1.29, 1.82) is 0 Å². The van der Waals surface area contributed by atoms with Gasteiger partial charge in [-0.3, -0.25) is 0 Å². The fourth-order valence-corrected chi connectivity index (χ4v) is 3.13. The van der Waals surface area contributed by atoms with Crippen molar-refractivity contribution in [2.75, 3.05) is 11.9 Å². The first-order chi connectivity index (χ1) is 11.8. The summed E-state index contributed by atoms with van der Waals surface area (Å²) in [5, 5.41) is 4.92. The number of nitrogens with one attached hydrogen (secondary N) is 1. The number of halogens is 4. The minimum Gasteiger partial charge on any atom is -0.491 e. The highest BCUT2D eigenvalue weighted by Crippen LogP contribution is 2.34. The smallest absolute Gasteiger partial charge is 0.392 e. The third-order valence-electron chi connectivity index (χ3n) is 3.37. The summed E-state index contributed by atoms with van der Waals surface area (Å²) in [6.45, 7) is 1.32. The number of nitrogens with zero attached hydrogens (tertiary/aromatic N) is 2. The molecule has 0 saturated carbocycles. The summed E-state index contributed by atoms with van der Waals surface area (Å²) in [4.78, 5) is 8.36. The van der Waals surface area contributed by atoms with E-state index in [0.29, 0.717) is 11.5 Å². The minimum absolute atomic E-state index is 0.00992. The molecule has 0 saturated heterocycles. The molecule has 2 aromatic heterocycles. The van der Waals surface area contributed by atoms with Crippen molar-refractivity contribution in [2.45, 2.75) is 19.5 Å². The zero-order chi connectivity index (χ0) is 18.0. The van der Waals surface area contributed by atoms with E-state index in [9.17, 15) is 17.6 Å². The first-order valence-corrected chi connectivity index (χ1v) is 8.16. The van der Waals surface area contributed by atoms with Crippen LogP contribution in [0.25, 0.3) is 10.2 Å². The number of aryl methyl sites for hydroxylation is 1. The largest absolute Gasteiger partial charge is 0.491 e. The number of hydrogen-bond donors (Lipinski definition) is 1. The molecule has 1 aromatic carbocycles. The van der Waals surface area contributed by atoms with Gasteiger partial charge in [0.1, 0.15) is 17.9 Å². The van der Waals surface area contributed by atoms with Gasteiger partial charge in [-0.15, -0.1) is 11.3 Å². The first-order valence-electron chi connectivity index (χ1n) is 7.28. The topological polar surface area (TPSA) is 47.0 Å². The summed E-state index contributed by atoms with van der Waals surface area (Å²) >= 11 is 1.44. The van der Waals surface area contributed by atoms with Gasteiger partial charge >= 0.3 is 6.18 Å². The van der Waals surface area contributed by atoms with Crippen LogP contribution in [0.4, 0.5) is 29.1 Å². The maximum atomic E-state index is 13.4. The molecule has 0 aliphatic rings. The number of anilines is 2. The van der Waals surface area contributed by atoms with Crippen molar-refractivity contribution in [1.82, 2.24) is 9.97 Å². The summed E-state index contributed by atoms with van der Waals surface area (Å²) < 4.78 is 56.2. The molecule has 3 aromatic rings. The van der Waals surface area contributed by atoms with E-state index >= 15 is 0 Å². The van der Waals surface area contributed by atoms with E-state index in [-0.39, 0.29) is 5.75 Å². The molecule has 132 valence electrons. The maximum Gasteiger partial charge on any atom is 0.392 e. The average Bonchev–Trinajstić information content (AvgIpc) is 2.91. The third kappa shape index (κ3) is 4.16. The Kier molecular flexibility index (Phi) is 4.76. The monoisotopic (exact) mass is 371 g/mol. The molecule has 0 amide bonds. The van der Waals surface area contributed by atoms with Crippen LogP contribution in [0.1, 0.15) is 12.0 Å². The Morgan fingerprint density at radius 1 is 1.24 bits per heavy atom. The van der Waals surface area contributed by atoms with Crippen LogP contribution in [0.2, 0.25) is 0 Å². The summed E-state index contributed by atoms with van der Waals surface area (Å²) in [5.41, 5.74) is 2.10. The van der Waals surface area contributed by atoms with E-state index in [1.165, 1.54) is 29.8 Å². The summed E-state index contributed by atoms with van der Waals surface area (Å²) in [7, 11) is 0. The predicted molar refractivity (Wildman–Crippen MR) is 88.0 cm³/mol. The molecule has 0 aliphatic carbocycles. The fraction of sp³-hybridized carbons (Fsp3) is 0.250. The second-order valence-corrected chi connectivity index (χ2v) is 6.18. The first kappa shape index (κ1) is 17.4. The highest BCUT2D eigenvalue weighted by atomic mass is 32.1. The zero-order valence-corrected chi connectivity index (χ0v) is 13.8. The molecule has 0 fully saturated rings. The normalized spacial score (nSPS) is 11.7. The number of aromatic nitrogens is 2. The van der Waals surface area contributed by atoms with Crippen molar-refractivity contribution in [3.8, 4) is 5.75 Å². The molecule has 0 atom stereocenters. The molecule has 2 heterocycles. The van der Waals surface area contributed by atoms with Gasteiger partial charge in [0.15, 0.2) is 5.82 Å². The van der Waals surface area contributed by atoms with E-state index < -0.39 is 25.0 Å². The molecule has 0 unspecified atom stereocenters. The fourth-order valence-electron chi connectivity index (χ4n) is 2.18. The molecule has 0 aliphatic heterocycles. The lowest BCUT2D eigenvalue weighted by Gasteiger charge is -2.14. The highest BCUT2D eigenvalue weighted by molar-refractivity contribution is 7.18. The number of fused-ring (bicyclic) bond motifs is 1. The van der Waals surface area contributed by atoms with Crippen LogP contribution < -0.4 is 10.1 Å². The molecular weight excluding hydrogens is 358 g/mol. The number of rotatable bonds is 5. The number of hydrogen-bond acceptors (Lipinski definition) is 5. The number of alkyl halides is 3. The Balaban J connectivity index is 1.86. The summed E-state index contributed by atoms with van der Waals surface area (Å²) in [5.74, 6) is -0.132. The van der Waals surface area contributed by atoms with E-state index in [1.54, 1.807) is 0 Å². The Morgan fingerprint density at radius 2 is 2.04 bits per heavy atom. The van der Waals surface area contributed by atoms with Crippen LogP contribution in [0.5, 0.6) is 5.75 Å². The van der Waals surface area contributed by atoms with E-state index in [2.05, 4.69) is 15.3 Å². The zero-order valence-electron chi connectivity index (χ0n) is 13.0. The molecule has 9 heteroatoms. The van der Waals surface area contributed by atoms with Crippen LogP contribution >= 0.6 is 11.3 Å². The van der Waals surface area contributed by atoms with E-state index in [1.807, 2.05) is 12.3 Å². The molecule has 25 heavy (non-hydrogen) atoms. The van der Waals surface area contributed by atoms with E-state index in [0.717, 1.165) is 21.8 Å². The van der Waals surface area contributed by atoms with Gasteiger partial charge in [0.05, 0.1) is 28.9 Å². The van der Waals surface area contributed by atoms with Crippen LogP contribution in [0, 0.1) is 12.7 Å². The molecule has 0 bridgehead atoms. The summed E-state index contributed by atoms with van der Waals surface area (Å²) in [6, 6.07) is 3.63. The van der Waals surface area contributed by atoms with Crippen LogP contribution in [0.15, 0.2) is 29.9 Å².